The first-order valence-electron chi connectivity index (χ1n) is 9.43. The number of halogens is 3. The standard InChI is InChI=1S/C17H37F2O3P2.BrH/c1-6-11-14-23(15-12-7-2,16-13-8-3)17(18,19)24(20,21-9-4)22-10-5;/h6-16H2,1-5H3;1H/q+1;/p-1. The zero-order valence-corrected chi connectivity index (χ0v) is 19.9. The van der Waals surface area contributed by atoms with Crippen LogP contribution in [0.25, 0.3) is 0 Å². The first kappa shape index (κ1) is 28.1. The summed E-state index contributed by atoms with van der Waals surface area (Å²) in [6, 6.07) is 0. The van der Waals surface area contributed by atoms with Gasteiger partial charge in [0.1, 0.15) is 7.26 Å². The van der Waals surface area contributed by atoms with Crippen molar-refractivity contribution in [1.82, 2.24) is 0 Å². The lowest BCUT2D eigenvalue weighted by Crippen LogP contribution is -3.00. The lowest BCUT2D eigenvalue weighted by Gasteiger charge is -2.37. The third-order valence-corrected chi connectivity index (χ3v) is 12.8. The van der Waals surface area contributed by atoms with Crippen molar-refractivity contribution in [3.63, 3.8) is 0 Å². The Bertz CT molecular complexity index is 353. The lowest BCUT2D eigenvalue weighted by atomic mass is 10.4. The molecule has 0 aliphatic rings. The molecule has 8 heteroatoms. The van der Waals surface area contributed by atoms with Crippen molar-refractivity contribution < 1.29 is 39.4 Å². The summed E-state index contributed by atoms with van der Waals surface area (Å²) in [4.78, 5) is 0. The van der Waals surface area contributed by atoms with E-state index in [1.165, 1.54) is 0 Å². The van der Waals surface area contributed by atoms with E-state index in [1.807, 2.05) is 20.8 Å². The van der Waals surface area contributed by atoms with Gasteiger partial charge in [-0.2, -0.15) is 8.78 Å². The minimum atomic E-state index is -4.45. The number of hydrogen-bond donors (Lipinski definition) is 0. The third-order valence-electron chi connectivity index (χ3n) is 4.32. The summed E-state index contributed by atoms with van der Waals surface area (Å²) in [6.45, 7) is 9.16. The Hall–Kier alpha value is 0.920. The Balaban J connectivity index is 0. The molecular formula is C17H37BrF2O3P2. The quantitative estimate of drug-likeness (QED) is 0.337. The molecule has 0 radical (unpaired) electrons. The number of alkyl halides is 2. The Kier molecular flexibility index (Phi) is 15.7. The Morgan fingerprint density at radius 1 is 0.800 bits per heavy atom. The van der Waals surface area contributed by atoms with Gasteiger partial charge in [-0.3, -0.25) is 0 Å². The Morgan fingerprint density at radius 3 is 1.36 bits per heavy atom. The van der Waals surface area contributed by atoms with Crippen LogP contribution in [0.5, 0.6) is 0 Å². The van der Waals surface area contributed by atoms with E-state index in [2.05, 4.69) is 0 Å². The zero-order chi connectivity index (χ0) is 18.7. The average Bonchev–Trinajstić information content (AvgIpc) is 2.54. The fourth-order valence-electron chi connectivity index (χ4n) is 2.91. The molecule has 25 heavy (non-hydrogen) atoms. The minimum absolute atomic E-state index is 0. The van der Waals surface area contributed by atoms with Crippen molar-refractivity contribution in [3.05, 3.63) is 0 Å². The van der Waals surface area contributed by atoms with Crippen LogP contribution in [-0.2, 0) is 13.6 Å². The normalized spacial score (nSPS) is 12.9. The molecule has 0 N–H and O–H groups in total. The van der Waals surface area contributed by atoms with Crippen LogP contribution in [0.2, 0.25) is 0 Å². The van der Waals surface area contributed by atoms with Gasteiger partial charge in [-0.1, -0.05) is 40.0 Å². The molecule has 0 unspecified atom stereocenters. The van der Waals surface area contributed by atoms with E-state index in [-0.39, 0.29) is 30.2 Å². The Morgan fingerprint density at radius 2 is 1.12 bits per heavy atom. The second kappa shape index (κ2) is 14.0. The van der Waals surface area contributed by atoms with Crippen molar-refractivity contribution >= 4 is 14.9 Å². The molecule has 0 aliphatic carbocycles. The van der Waals surface area contributed by atoms with E-state index < -0.39 is 20.3 Å². The zero-order valence-electron chi connectivity index (χ0n) is 16.5. The maximum atomic E-state index is 15.7. The van der Waals surface area contributed by atoms with Gasteiger partial charge < -0.3 is 26.0 Å². The van der Waals surface area contributed by atoms with E-state index in [0.29, 0.717) is 18.5 Å². The van der Waals surface area contributed by atoms with E-state index in [0.717, 1.165) is 38.5 Å². The SMILES string of the molecule is CCCC[P+](CCCC)(CCCC)C(F)(F)P(=O)(OCC)OCC.[Br-]. The molecule has 0 rings (SSSR count). The third kappa shape index (κ3) is 7.45. The highest BCUT2D eigenvalue weighted by atomic mass is 79.9. The summed E-state index contributed by atoms with van der Waals surface area (Å²) in [5.41, 5.74) is 0. The number of unbranched alkanes of at least 4 members (excludes halogenated alkanes) is 3. The van der Waals surface area contributed by atoms with Gasteiger partial charge in [-0.05, 0) is 33.1 Å². The average molecular weight is 469 g/mol. The summed E-state index contributed by atoms with van der Waals surface area (Å²) in [7, 11) is -7.22. The maximum absolute atomic E-state index is 15.7. The largest absolute Gasteiger partial charge is 1.00 e. The van der Waals surface area contributed by atoms with Gasteiger partial charge in [0.2, 0.25) is 0 Å². The molecule has 0 aromatic heterocycles. The number of rotatable bonds is 15. The molecule has 0 aromatic rings. The molecule has 3 nitrogen and oxygen atoms in total. The highest BCUT2D eigenvalue weighted by molar-refractivity contribution is 7.86. The van der Waals surface area contributed by atoms with Crippen LogP contribution in [0, 0.1) is 0 Å². The predicted octanol–water partition coefficient (Wildman–Crippen LogP) is 4.22. The number of hydrogen-bond acceptors (Lipinski definition) is 3. The van der Waals surface area contributed by atoms with Gasteiger partial charge in [0.15, 0.2) is 0 Å². The molecule has 0 heterocycles. The summed E-state index contributed by atoms with van der Waals surface area (Å²) in [5, 5.41) is -3.36. The topological polar surface area (TPSA) is 35.5 Å². The van der Waals surface area contributed by atoms with Crippen molar-refractivity contribution in [2.45, 2.75) is 78.5 Å². The van der Waals surface area contributed by atoms with Gasteiger partial charge in [-0.25, -0.2) is 4.57 Å². The Labute approximate surface area is 164 Å². The molecular weight excluding hydrogens is 432 g/mol. The fourth-order valence-corrected chi connectivity index (χ4v) is 11.5. The van der Waals surface area contributed by atoms with Crippen molar-refractivity contribution in [3.8, 4) is 0 Å². The van der Waals surface area contributed by atoms with Crippen LogP contribution < -0.4 is 17.0 Å². The van der Waals surface area contributed by atoms with Crippen LogP contribution in [-0.4, -0.2) is 37.1 Å². The second-order valence-electron chi connectivity index (χ2n) is 6.22. The summed E-state index contributed by atoms with van der Waals surface area (Å²) < 4.78 is 54.5. The van der Waals surface area contributed by atoms with Crippen molar-refractivity contribution in [2.75, 3.05) is 31.7 Å². The van der Waals surface area contributed by atoms with Crippen LogP contribution in [0.15, 0.2) is 0 Å². The van der Waals surface area contributed by atoms with Crippen LogP contribution in [0.1, 0.15) is 73.1 Å². The first-order valence-corrected chi connectivity index (χ1v) is 13.3. The molecule has 0 atom stereocenters. The second-order valence-corrected chi connectivity index (χ2v) is 12.8. The molecule has 0 saturated heterocycles. The molecule has 0 saturated carbocycles. The molecule has 0 amide bonds. The van der Waals surface area contributed by atoms with E-state index >= 15 is 8.78 Å². The van der Waals surface area contributed by atoms with Gasteiger partial charge in [0, 0.05) is 0 Å². The van der Waals surface area contributed by atoms with Gasteiger partial charge in [0.05, 0.1) is 31.7 Å². The minimum Gasteiger partial charge on any atom is -1.00 e. The monoisotopic (exact) mass is 468 g/mol. The maximum Gasteiger partial charge on any atom is 0.451 e. The van der Waals surface area contributed by atoms with Crippen LogP contribution >= 0.6 is 14.9 Å². The van der Waals surface area contributed by atoms with E-state index in [1.54, 1.807) is 13.8 Å². The smallest absolute Gasteiger partial charge is 0.451 e. The predicted molar refractivity (Wildman–Crippen MR) is 102 cm³/mol. The first-order chi connectivity index (χ1) is 11.3. The molecule has 0 spiro atoms. The van der Waals surface area contributed by atoms with Crippen LogP contribution in [0.4, 0.5) is 8.78 Å². The summed E-state index contributed by atoms with van der Waals surface area (Å²) in [5.74, 6) is 0. The summed E-state index contributed by atoms with van der Waals surface area (Å²) >= 11 is 0. The molecule has 0 aromatic carbocycles. The summed E-state index contributed by atoms with van der Waals surface area (Å²) in [6.07, 6.45) is 6.25. The van der Waals surface area contributed by atoms with Crippen LogP contribution in [0.3, 0.4) is 0 Å². The van der Waals surface area contributed by atoms with E-state index in [4.69, 9.17) is 9.05 Å². The lowest BCUT2D eigenvalue weighted by molar-refractivity contribution is -0.0000106. The van der Waals surface area contributed by atoms with Crippen molar-refractivity contribution in [1.29, 1.82) is 0 Å². The van der Waals surface area contributed by atoms with Crippen molar-refractivity contribution in [2.24, 2.45) is 0 Å². The molecule has 0 bridgehead atoms. The fraction of sp³-hybridized carbons (Fsp3) is 1.00. The molecule has 0 fully saturated rings. The van der Waals surface area contributed by atoms with Gasteiger partial charge in [-0.15, -0.1) is 0 Å². The molecule has 0 aliphatic heterocycles. The van der Waals surface area contributed by atoms with Gasteiger partial charge >= 0.3 is 13.0 Å². The van der Waals surface area contributed by atoms with E-state index in [9.17, 15) is 4.57 Å². The van der Waals surface area contributed by atoms with Gasteiger partial charge in [0.25, 0.3) is 0 Å². The highest BCUT2D eigenvalue weighted by Crippen LogP contribution is 2.84. The highest BCUT2D eigenvalue weighted by Gasteiger charge is 2.72. The molecule has 154 valence electrons.